The Hall–Kier alpha value is -1.46. The van der Waals surface area contributed by atoms with Crippen molar-refractivity contribution in [2.45, 2.75) is 32.5 Å². The van der Waals surface area contributed by atoms with Crippen molar-refractivity contribution >= 4 is 0 Å². The van der Waals surface area contributed by atoms with Gasteiger partial charge in [-0.05, 0) is 37.4 Å². The van der Waals surface area contributed by atoms with Crippen molar-refractivity contribution < 1.29 is 14.6 Å². The monoisotopic (exact) mass is 319 g/mol. The lowest BCUT2D eigenvalue weighted by molar-refractivity contribution is 0.0842. The molecule has 1 aromatic rings. The van der Waals surface area contributed by atoms with E-state index in [9.17, 15) is 5.11 Å². The first-order valence-electron chi connectivity index (χ1n) is 8.18. The molecule has 0 spiro atoms. The Labute approximate surface area is 139 Å². The topological polar surface area (TPSA) is 64.7 Å². The Kier molecular flexibility index (Phi) is 11.1. The second kappa shape index (κ2) is 13.0. The maximum Gasteiger partial charge on any atom is 0.0799 e. The molecule has 0 fully saturated rings. The summed E-state index contributed by atoms with van der Waals surface area (Å²) in [5, 5.41) is 9.95. The fourth-order valence-electron chi connectivity index (χ4n) is 2.10. The summed E-state index contributed by atoms with van der Waals surface area (Å²) in [5.74, 6) is 0. The minimum Gasteiger partial charge on any atom is -0.388 e. The third-order valence-corrected chi connectivity index (χ3v) is 3.31. The Balaban J connectivity index is 2.12. The first-order valence-corrected chi connectivity index (χ1v) is 8.18. The quantitative estimate of drug-likeness (QED) is 0.459. The molecule has 0 amide bonds. The van der Waals surface area contributed by atoms with Gasteiger partial charge < -0.3 is 20.3 Å². The van der Waals surface area contributed by atoms with Crippen LogP contribution < -0.4 is 5.73 Å². The Bertz CT molecular complexity index is 457. The fraction of sp³-hybridized carbons (Fsp3) is 0.474. The normalized spacial score (nSPS) is 13.6. The number of hydrogen-bond donors (Lipinski definition) is 2. The van der Waals surface area contributed by atoms with Crippen LogP contribution in [0.5, 0.6) is 0 Å². The second-order valence-electron chi connectivity index (χ2n) is 5.26. The average molecular weight is 319 g/mol. The van der Waals surface area contributed by atoms with Gasteiger partial charge in [0.05, 0.1) is 19.3 Å². The highest BCUT2D eigenvalue weighted by Crippen LogP contribution is 2.08. The maximum atomic E-state index is 9.95. The van der Waals surface area contributed by atoms with Crippen LogP contribution in [-0.2, 0) is 16.1 Å². The largest absolute Gasteiger partial charge is 0.388 e. The van der Waals surface area contributed by atoms with Crippen molar-refractivity contribution in [3.63, 3.8) is 0 Å². The van der Waals surface area contributed by atoms with Gasteiger partial charge in [0, 0.05) is 13.2 Å². The summed E-state index contributed by atoms with van der Waals surface area (Å²) in [6.07, 6.45) is 6.60. The van der Waals surface area contributed by atoms with Gasteiger partial charge in [0.15, 0.2) is 0 Å². The summed E-state index contributed by atoms with van der Waals surface area (Å²) in [7, 11) is 0. The molecule has 4 heteroatoms. The van der Waals surface area contributed by atoms with Gasteiger partial charge in [0.1, 0.15) is 0 Å². The minimum absolute atomic E-state index is 0.468. The molecule has 23 heavy (non-hydrogen) atoms. The van der Waals surface area contributed by atoms with Crippen LogP contribution >= 0.6 is 0 Å². The number of rotatable bonds is 12. The van der Waals surface area contributed by atoms with E-state index in [-0.39, 0.29) is 0 Å². The van der Waals surface area contributed by atoms with E-state index in [1.165, 1.54) is 5.56 Å². The number of aliphatic hydroxyl groups is 1. The number of nitrogens with two attached hydrogens (primary N) is 1. The van der Waals surface area contributed by atoms with Gasteiger partial charge >= 0.3 is 0 Å². The Morgan fingerprint density at radius 3 is 2.65 bits per heavy atom. The first-order chi connectivity index (χ1) is 11.3. The second-order valence-corrected chi connectivity index (χ2v) is 5.26. The van der Waals surface area contributed by atoms with Gasteiger partial charge in [-0.15, -0.1) is 0 Å². The molecule has 0 aromatic heterocycles. The van der Waals surface area contributed by atoms with Crippen molar-refractivity contribution in [2.24, 2.45) is 5.73 Å². The summed E-state index contributed by atoms with van der Waals surface area (Å²) >= 11 is 0. The molecule has 4 nitrogen and oxygen atoms in total. The van der Waals surface area contributed by atoms with E-state index in [1.54, 1.807) is 0 Å². The summed E-state index contributed by atoms with van der Waals surface area (Å²) in [6, 6.07) is 10.1. The van der Waals surface area contributed by atoms with Gasteiger partial charge in [-0.2, -0.15) is 0 Å². The van der Waals surface area contributed by atoms with Crippen LogP contribution in [0.4, 0.5) is 0 Å². The van der Waals surface area contributed by atoms with Crippen molar-refractivity contribution in [3.8, 4) is 0 Å². The van der Waals surface area contributed by atoms with E-state index in [2.05, 4.69) is 12.1 Å². The number of allylic oxidation sites excluding steroid dienone is 1. The molecular formula is C19H29NO3. The van der Waals surface area contributed by atoms with Crippen LogP contribution in [0.3, 0.4) is 0 Å². The van der Waals surface area contributed by atoms with E-state index in [4.69, 9.17) is 15.2 Å². The van der Waals surface area contributed by atoms with E-state index in [0.29, 0.717) is 39.4 Å². The van der Waals surface area contributed by atoms with E-state index >= 15 is 0 Å². The summed E-state index contributed by atoms with van der Waals surface area (Å²) < 4.78 is 11.2. The highest BCUT2D eigenvalue weighted by Gasteiger charge is 2.06. The van der Waals surface area contributed by atoms with Crippen LogP contribution in [0.2, 0.25) is 0 Å². The Morgan fingerprint density at radius 2 is 1.96 bits per heavy atom. The summed E-state index contributed by atoms with van der Waals surface area (Å²) in [5.41, 5.74) is 7.51. The highest BCUT2D eigenvalue weighted by molar-refractivity contribution is 5.22. The van der Waals surface area contributed by atoms with E-state index < -0.39 is 6.10 Å². The van der Waals surface area contributed by atoms with Crippen LogP contribution in [0, 0.1) is 0 Å². The molecule has 0 heterocycles. The highest BCUT2D eigenvalue weighted by atomic mass is 16.5. The van der Waals surface area contributed by atoms with Gasteiger partial charge in [0.25, 0.3) is 0 Å². The molecule has 1 atom stereocenters. The standard InChI is InChI=1S/C19H29NO3/c1-2-7-18(19(21)10-12-20)11-15-22-13-6-14-23-16-17-8-4-3-5-9-17/h2-5,7-9,11,19,21H,6,10,12-16,20H2,1H3/b7-2-,18-11+. The molecule has 1 aromatic carbocycles. The molecule has 0 bridgehead atoms. The minimum atomic E-state index is -0.519. The van der Waals surface area contributed by atoms with Crippen molar-refractivity contribution in [1.82, 2.24) is 0 Å². The van der Waals surface area contributed by atoms with Gasteiger partial charge in [-0.25, -0.2) is 0 Å². The molecule has 1 unspecified atom stereocenters. The number of hydrogen-bond acceptors (Lipinski definition) is 4. The van der Waals surface area contributed by atoms with Crippen LogP contribution in [-0.4, -0.2) is 37.6 Å². The number of ether oxygens (including phenoxy) is 2. The lowest BCUT2D eigenvalue weighted by Crippen LogP contribution is -2.15. The van der Waals surface area contributed by atoms with E-state index in [0.717, 1.165) is 12.0 Å². The molecule has 0 aliphatic carbocycles. The smallest absolute Gasteiger partial charge is 0.0799 e. The third-order valence-electron chi connectivity index (χ3n) is 3.31. The van der Waals surface area contributed by atoms with E-state index in [1.807, 2.05) is 43.4 Å². The predicted molar refractivity (Wildman–Crippen MR) is 94.1 cm³/mol. The van der Waals surface area contributed by atoms with Crippen molar-refractivity contribution in [3.05, 3.63) is 59.7 Å². The van der Waals surface area contributed by atoms with Gasteiger partial charge in [-0.1, -0.05) is 48.6 Å². The zero-order valence-corrected chi connectivity index (χ0v) is 14.0. The van der Waals surface area contributed by atoms with Crippen LogP contribution in [0.15, 0.2) is 54.1 Å². The molecule has 3 N–H and O–H groups in total. The molecular weight excluding hydrogens is 290 g/mol. The predicted octanol–water partition coefficient (Wildman–Crippen LogP) is 2.82. The van der Waals surface area contributed by atoms with Gasteiger partial charge in [0.2, 0.25) is 0 Å². The lowest BCUT2D eigenvalue weighted by Gasteiger charge is -2.11. The molecule has 128 valence electrons. The number of aliphatic hydroxyl groups excluding tert-OH is 1. The van der Waals surface area contributed by atoms with Crippen molar-refractivity contribution in [1.29, 1.82) is 0 Å². The van der Waals surface area contributed by atoms with Crippen LogP contribution in [0.25, 0.3) is 0 Å². The molecule has 0 saturated carbocycles. The van der Waals surface area contributed by atoms with Crippen LogP contribution in [0.1, 0.15) is 25.3 Å². The summed E-state index contributed by atoms with van der Waals surface area (Å²) in [4.78, 5) is 0. The SMILES string of the molecule is C/C=C\C(=C/COCCCOCc1ccccc1)C(O)CCN. The number of benzene rings is 1. The fourth-order valence-corrected chi connectivity index (χ4v) is 2.10. The third kappa shape index (κ3) is 9.31. The Morgan fingerprint density at radius 1 is 1.22 bits per heavy atom. The first kappa shape index (κ1) is 19.6. The van der Waals surface area contributed by atoms with Crippen molar-refractivity contribution in [2.75, 3.05) is 26.4 Å². The van der Waals surface area contributed by atoms with Gasteiger partial charge in [-0.3, -0.25) is 0 Å². The molecule has 0 radical (unpaired) electrons. The maximum absolute atomic E-state index is 9.95. The zero-order valence-electron chi connectivity index (χ0n) is 14.0. The lowest BCUT2D eigenvalue weighted by atomic mass is 10.1. The average Bonchev–Trinajstić information content (AvgIpc) is 2.57. The molecule has 0 aliphatic rings. The summed E-state index contributed by atoms with van der Waals surface area (Å²) in [6.45, 7) is 4.83. The molecule has 0 aliphatic heterocycles. The zero-order chi connectivity index (χ0) is 16.8. The molecule has 0 saturated heterocycles. The molecule has 1 rings (SSSR count).